The number of nitrogens with zero attached hydrogens (tertiary/aromatic N) is 3. The molecule has 0 atom stereocenters. The summed E-state index contributed by atoms with van der Waals surface area (Å²) >= 11 is 5.65. The SMILES string of the molecule is Cc1ccc2nc(CCl)nn2c1C. The molecule has 0 saturated carbocycles. The van der Waals surface area contributed by atoms with Crippen LogP contribution < -0.4 is 0 Å². The molecule has 2 aromatic heterocycles. The van der Waals surface area contributed by atoms with Crippen molar-refractivity contribution >= 4 is 17.2 Å². The van der Waals surface area contributed by atoms with E-state index in [1.807, 2.05) is 23.6 Å². The zero-order valence-electron chi connectivity index (χ0n) is 7.58. The normalized spacial score (nSPS) is 11.0. The lowest BCUT2D eigenvalue weighted by Gasteiger charge is -2.00. The van der Waals surface area contributed by atoms with Crippen molar-refractivity contribution in [3.05, 3.63) is 29.2 Å². The Bertz CT molecular complexity index is 447. The second-order valence-corrected chi connectivity index (χ2v) is 3.30. The first-order valence-electron chi connectivity index (χ1n) is 4.10. The Hall–Kier alpha value is -1.09. The lowest BCUT2D eigenvalue weighted by molar-refractivity contribution is 0.877. The maximum Gasteiger partial charge on any atom is 0.166 e. The van der Waals surface area contributed by atoms with E-state index in [4.69, 9.17) is 11.6 Å². The van der Waals surface area contributed by atoms with Crippen molar-refractivity contribution in [3.8, 4) is 0 Å². The third kappa shape index (κ3) is 1.29. The molecule has 0 amide bonds. The topological polar surface area (TPSA) is 30.2 Å². The lowest BCUT2D eigenvalue weighted by Crippen LogP contribution is -1.96. The summed E-state index contributed by atoms with van der Waals surface area (Å²) in [6, 6.07) is 3.99. The third-order valence-corrected chi connectivity index (χ3v) is 2.41. The Morgan fingerprint density at radius 2 is 2.15 bits per heavy atom. The van der Waals surface area contributed by atoms with E-state index in [0.29, 0.717) is 11.7 Å². The summed E-state index contributed by atoms with van der Waals surface area (Å²) in [7, 11) is 0. The highest BCUT2D eigenvalue weighted by atomic mass is 35.5. The van der Waals surface area contributed by atoms with Crippen LogP contribution in [0.1, 0.15) is 17.1 Å². The van der Waals surface area contributed by atoms with Crippen LogP contribution in [-0.4, -0.2) is 14.6 Å². The summed E-state index contributed by atoms with van der Waals surface area (Å²) in [6.07, 6.45) is 0. The van der Waals surface area contributed by atoms with E-state index in [1.54, 1.807) is 0 Å². The summed E-state index contributed by atoms with van der Waals surface area (Å²) in [5.41, 5.74) is 3.18. The van der Waals surface area contributed by atoms with Gasteiger partial charge in [-0.05, 0) is 25.5 Å². The summed E-state index contributed by atoms with van der Waals surface area (Å²) < 4.78 is 1.83. The van der Waals surface area contributed by atoms with Crippen LogP contribution >= 0.6 is 11.6 Å². The lowest BCUT2D eigenvalue weighted by atomic mass is 10.2. The fourth-order valence-electron chi connectivity index (χ4n) is 1.27. The van der Waals surface area contributed by atoms with E-state index in [0.717, 1.165) is 11.3 Å². The smallest absolute Gasteiger partial charge is 0.166 e. The van der Waals surface area contributed by atoms with E-state index < -0.39 is 0 Å². The van der Waals surface area contributed by atoms with Crippen LogP contribution in [0.15, 0.2) is 12.1 Å². The van der Waals surface area contributed by atoms with Gasteiger partial charge in [0.25, 0.3) is 0 Å². The van der Waals surface area contributed by atoms with Crippen molar-refractivity contribution in [2.45, 2.75) is 19.7 Å². The summed E-state index contributed by atoms with van der Waals surface area (Å²) in [5, 5.41) is 4.27. The van der Waals surface area contributed by atoms with Crippen molar-refractivity contribution in [1.82, 2.24) is 14.6 Å². The van der Waals surface area contributed by atoms with Gasteiger partial charge in [-0.2, -0.15) is 0 Å². The molecule has 2 aromatic rings. The molecule has 0 spiro atoms. The maximum atomic E-state index is 5.65. The van der Waals surface area contributed by atoms with Gasteiger partial charge in [-0.1, -0.05) is 6.07 Å². The molecule has 0 saturated heterocycles. The molecule has 68 valence electrons. The number of hydrogen-bond donors (Lipinski definition) is 0. The highest BCUT2D eigenvalue weighted by molar-refractivity contribution is 6.16. The van der Waals surface area contributed by atoms with Gasteiger partial charge in [0.2, 0.25) is 0 Å². The van der Waals surface area contributed by atoms with Gasteiger partial charge in [0.05, 0.1) is 5.88 Å². The van der Waals surface area contributed by atoms with Gasteiger partial charge in [0.1, 0.15) is 0 Å². The van der Waals surface area contributed by atoms with Crippen molar-refractivity contribution < 1.29 is 0 Å². The Morgan fingerprint density at radius 3 is 2.85 bits per heavy atom. The number of aromatic nitrogens is 3. The number of alkyl halides is 1. The monoisotopic (exact) mass is 195 g/mol. The molecule has 3 nitrogen and oxygen atoms in total. The van der Waals surface area contributed by atoms with Crippen LogP contribution in [-0.2, 0) is 5.88 Å². The Labute approximate surface area is 81.4 Å². The zero-order chi connectivity index (χ0) is 9.42. The van der Waals surface area contributed by atoms with Crippen LogP contribution in [0.3, 0.4) is 0 Å². The van der Waals surface area contributed by atoms with E-state index in [1.165, 1.54) is 5.56 Å². The van der Waals surface area contributed by atoms with Crippen LogP contribution in [0.25, 0.3) is 5.65 Å². The van der Waals surface area contributed by atoms with Crippen LogP contribution in [0.2, 0.25) is 0 Å². The molecule has 13 heavy (non-hydrogen) atoms. The second kappa shape index (κ2) is 3.00. The minimum atomic E-state index is 0.361. The first kappa shape index (κ1) is 8.51. The minimum Gasteiger partial charge on any atom is -0.218 e. The molecule has 0 aliphatic heterocycles. The number of aryl methyl sites for hydroxylation is 2. The standard InChI is InChI=1S/C9H10ClN3/c1-6-3-4-9-11-8(5-10)12-13(9)7(6)2/h3-4H,5H2,1-2H3. The van der Waals surface area contributed by atoms with Gasteiger partial charge >= 0.3 is 0 Å². The largest absolute Gasteiger partial charge is 0.218 e. The Balaban J connectivity index is 2.76. The Morgan fingerprint density at radius 1 is 1.38 bits per heavy atom. The van der Waals surface area contributed by atoms with Gasteiger partial charge in [0, 0.05) is 5.69 Å². The molecule has 2 heterocycles. The molecular formula is C9H10ClN3. The predicted octanol–water partition coefficient (Wildman–Crippen LogP) is 2.08. The molecule has 0 aromatic carbocycles. The molecule has 0 unspecified atom stereocenters. The van der Waals surface area contributed by atoms with Crippen LogP contribution in [0.4, 0.5) is 0 Å². The third-order valence-electron chi connectivity index (χ3n) is 2.17. The quantitative estimate of drug-likeness (QED) is 0.653. The van der Waals surface area contributed by atoms with E-state index in [-0.39, 0.29) is 0 Å². The van der Waals surface area contributed by atoms with Gasteiger partial charge in [-0.25, -0.2) is 9.50 Å². The minimum absolute atomic E-state index is 0.361. The van der Waals surface area contributed by atoms with Crippen molar-refractivity contribution in [1.29, 1.82) is 0 Å². The number of fused-ring (bicyclic) bond motifs is 1. The van der Waals surface area contributed by atoms with Gasteiger partial charge < -0.3 is 0 Å². The number of hydrogen-bond acceptors (Lipinski definition) is 2. The van der Waals surface area contributed by atoms with E-state index in [9.17, 15) is 0 Å². The molecule has 0 radical (unpaired) electrons. The Kier molecular flexibility index (Phi) is 1.96. The molecule has 2 rings (SSSR count). The number of pyridine rings is 1. The number of halogens is 1. The first-order valence-corrected chi connectivity index (χ1v) is 4.63. The zero-order valence-corrected chi connectivity index (χ0v) is 8.34. The molecule has 4 heteroatoms. The summed E-state index contributed by atoms with van der Waals surface area (Å²) in [6.45, 7) is 4.08. The molecule has 0 aliphatic carbocycles. The summed E-state index contributed by atoms with van der Waals surface area (Å²) in [4.78, 5) is 4.25. The predicted molar refractivity (Wildman–Crippen MR) is 52.0 cm³/mol. The van der Waals surface area contributed by atoms with Gasteiger partial charge in [-0.15, -0.1) is 16.7 Å². The fourth-order valence-corrected chi connectivity index (χ4v) is 1.38. The average molecular weight is 196 g/mol. The van der Waals surface area contributed by atoms with Crippen LogP contribution in [0.5, 0.6) is 0 Å². The van der Waals surface area contributed by atoms with Crippen molar-refractivity contribution in [2.24, 2.45) is 0 Å². The molecule has 0 fully saturated rings. The molecule has 0 aliphatic rings. The van der Waals surface area contributed by atoms with E-state index in [2.05, 4.69) is 17.0 Å². The number of rotatable bonds is 1. The second-order valence-electron chi connectivity index (χ2n) is 3.03. The first-order chi connectivity index (χ1) is 6.22. The molecular weight excluding hydrogens is 186 g/mol. The van der Waals surface area contributed by atoms with Crippen LogP contribution in [0, 0.1) is 13.8 Å². The van der Waals surface area contributed by atoms with Crippen molar-refractivity contribution in [3.63, 3.8) is 0 Å². The maximum absolute atomic E-state index is 5.65. The average Bonchev–Trinajstić information content (AvgIpc) is 2.55. The summed E-state index contributed by atoms with van der Waals surface area (Å²) in [5.74, 6) is 1.04. The highest BCUT2D eigenvalue weighted by Crippen LogP contribution is 2.10. The van der Waals surface area contributed by atoms with Crippen molar-refractivity contribution in [2.75, 3.05) is 0 Å². The van der Waals surface area contributed by atoms with E-state index >= 15 is 0 Å². The molecule has 0 bridgehead atoms. The highest BCUT2D eigenvalue weighted by Gasteiger charge is 2.04. The van der Waals surface area contributed by atoms with Gasteiger partial charge in [-0.3, -0.25) is 0 Å². The fraction of sp³-hybridized carbons (Fsp3) is 0.333. The van der Waals surface area contributed by atoms with Gasteiger partial charge in [0.15, 0.2) is 11.5 Å². The molecule has 0 N–H and O–H groups in total.